The maximum absolute atomic E-state index is 12.0. The van der Waals surface area contributed by atoms with E-state index in [0.29, 0.717) is 10.4 Å². The van der Waals surface area contributed by atoms with Gasteiger partial charge in [-0.25, -0.2) is 5.43 Å². The van der Waals surface area contributed by atoms with E-state index in [1.807, 2.05) is 24.3 Å². The molecule has 0 spiro atoms. The van der Waals surface area contributed by atoms with E-state index in [1.54, 1.807) is 18.3 Å². The Bertz CT molecular complexity index is 901. The number of hydrogen-bond donors (Lipinski definition) is 1. The van der Waals surface area contributed by atoms with Crippen LogP contribution in [0.2, 0.25) is 5.02 Å². The Balaban J connectivity index is 1.14. The third-order valence-electron chi connectivity index (χ3n) is 7.15. The molecular formula is C25H27ClN2O2. The van der Waals surface area contributed by atoms with Crippen molar-refractivity contribution in [3.63, 3.8) is 0 Å². The van der Waals surface area contributed by atoms with Crippen LogP contribution in [0, 0.1) is 17.8 Å². The van der Waals surface area contributed by atoms with E-state index in [2.05, 4.69) is 22.7 Å². The van der Waals surface area contributed by atoms with Gasteiger partial charge in [0, 0.05) is 5.02 Å². The quantitative estimate of drug-likeness (QED) is 0.504. The Morgan fingerprint density at radius 2 is 1.60 bits per heavy atom. The topological polar surface area (TPSA) is 50.7 Å². The van der Waals surface area contributed by atoms with Crippen LogP contribution < -0.4 is 10.2 Å². The van der Waals surface area contributed by atoms with Crippen LogP contribution >= 0.6 is 11.6 Å². The second-order valence-electron chi connectivity index (χ2n) is 9.36. The first-order valence-corrected chi connectivity index (χ1v) is 11.3. The number of hydrogen-bond acceptors (Lipinski definition) is 3. The summed E-state index contributed by atoms with van der Waals surface area (Å²) in [5.74, 6) is 3.24. The van der Waals surface area contributed by atoms with Crippen LogP contribution in [0.1, 0.15) is 49.7 Å². The number of nitrogens with zero attached hydrogens (tertiary/aromatic N) is 1. The van der Waals surface area contributed by atoms with Gasteiger partial charge in [-0.1, -0.05) is 35.9 Å². The van der Waals surface area contributed by atoms with Crippen molar-refractivity contribution in [3.05, 3.63) is 64.7 Å². The molecule has 0 radical (unpaired) electrons. The second-order valence-corrected chi connectivity index (χ2v) is 9.79. The zero-order valence-electron chi connectivity index (χ0n) is 17.0. The van der Waals surface area contributed by atoms with Gasteiger partial charge in [0.2, 0.25) is 0 Å². The van der Waals surface area contributed by atoms with E-state index in [0.717, 1.165) is 29.1 Å². The molecule has 0 aliphatic heterocycles. The molecule has 0 aromatic heterocycles. The zero-order valence-corrected chi connectivity index (χ0v) is 17.8. The number of amides is 1. The van der Waals surface area contributed by atoms with Crippen molar-refractivity contribution in [1.82, 2.24) is 5.43 Å². The predicted molar refractivity (Wildman–Crippen MR) is 119 cm³/mol. The Hall–Kier alpha value is -2.33. The van der Waals surface area contributed by atoms with Gasteiger partial charge in [-0.15, -0.1) is 0 Å². The van der Waals surface area contributed by atoms with Gasteiger partial charge in [0.15, 0.2) is 6.61 Å². The lowest BCUT2D eigenvalue weighted by atomic mass is 9.48. The molecule has 6 rings (SSSR count). The minimum atomic E-state index is -0.287. The molecule has 0 atom stereocenters. The molecule has 2 aromatic carbocycles. The lowest BCUT2D eigenvalue weighted by Gasteiger charge is -2.57. The molecule has 1 N–H and O–H groups in total. The van der Waals surface area contributed by atoms with E-state index >= 15 is 0 Å². The molecule has 30 heavy (non-hydrogen) atoms. The summed E-state index contributed by atoms with van der Waals surface area (Å²) in [4.78, 5) is 12.0. The number of nitrogens with one attached hydrogen (secondary N) is 1. The Kier molecular flexibility index (Phi) is 5.28. The first-order chi connectivity index (χ1) is 14.6. The number of halogens is 1. The summed E-state index contributed by atoms with van der Waals surface area (Å²) in [5, 5.41) is 4.62. The summed E-state index contributed by atoms with van der Waals surface area (Å²) in [5.41, 5.74) is 5.20. The highest BCUT2D eigenvalue weighted by atomic mass is 35.5. The Morgan fingerprint density at radius 3 is 2.20 bits per heavy atom. The first kappa shape index (κ1) is 19.6. The molecule has 4 aliphatic rings. The molecule has 156 valence electrons. The van der Waals surface area contributed by atoms with Crippen molar-refractivity contribution in [2.75, 3.05) is 6.61 Å². The summed E-state index contributed by atoms with van der Waals surface area (Å²) in [6.07, 6.45) is 10.0. The standard InChI is InChI=1S/C25H27ClN2O2/c26-22-5-1-17(2-6-22)15-27-28-24(29)16-30-23-7-3-21(4-8-23)25-12-18-9-19(13-25)11-20(10-18)14-25/h1-8,15,18-20H,9-14,16H2,(H,28,29)/b27-15+. The van der Waals surface area contributed by atoms with Crippen LogP contribution in [0.15, 0.2) is 53.6 Å². The zero-order chi connectivity index (χ0) is 20.6. The highest BCUT2D eigenvalue weighted by Crippen LogP contribution is 2.60. The van der Waals surface area contributed by atoms with Gasteiger partial charge < -0.3 is 4.74 Å². The fourth-order valence-electron chi connectivity index (χ4n) is 6.28. The smallest absolute Gasteiger partial charge is 0.277 e. The van der Waals surface area contributed by atoms with Crippen LogP contribution in [0.5, 0.6) is 5.75 Å². The molecule has 4 nitrogen and oxygen atoms in total. The molecule has 4 saturated carbocycles. The SMILES string of the molecule is O=C(COc1ccc(C23CC4CC(CC(C4)C2)C3)cc1)N/N=C/c1ccc(Cl)cc1. The van der Waals surface area contributed by atoms with Gasteiger partial charge in [-0.2, -0.15) is 5.10 Å². The van der Waals surface area contributed by atoms with E-state index in [4.69, 9.17) is 16.3 Å². The summed E-state index contributed by atoms with van der Waals surface area (Å²) in [7, 11) is 0. The van der Waals surface area contributed by atoms with E-state index in [9.17, 15) is 4.79 Å². The molecular weight excluding hydrogens is 396 g/mol. The number of benzene rings is 2. The van der Waals surface area contributed by atoms with Crippen LogP contribution in [0.3, 0.4) is 0 Å². The molecule has 4 bridgehead atoms. The number of carbonyl (C=O) groups is 1. The lowest BCUT2D eigenvalue weighted by Crippen LogP contribution is -2.48. The molecule has 4 aliphatic carbocycles. The van der Waals surface area contributed by atoms with Crippen molar-refractivity contribution in [3.8, 4) is 5.75 Å². The first-order valence-electron chi connectivity index (χ1n) is 10.9. The number of ether oxygens (including phenoxy) is 1. The van der Waals surface area contributed by atoms with Crippen molar-refractivity contribution in [2.24, 2.45) is 22.9 Å². The van der Waals surface area contributed by atoms with Gasteiger partial charge in [-0.3, -0.25) is 4.79 Å². The highest BCUT2D eigenvalue weighted by Gasteiger charge is 2.51. The van der Waals surface area contributed by atoms with Gasteiger partial charge >= 0.3 is 0 Å². The summed E-state index contributed by atoms with van der Waals surface area (Å²) < 4.78 is 5.66. The molecule has 0 saturated heterocycles. The minimum absolute atomic E-state index is 0.0608. The van der Waals surface area contributed by atoms with Crippen molar-refractivity contribution in [1.29, 1.82) is 0 Å². The summed E-state index contributed by atoms with van der Waals surface area (Å²) >= 11 is 5.85. The maximum atomic E-state index is 12.0. The third-order valence-corrected chi connectivity index (χ3v) is 7.40. The number of rotatable bonds is 6. The summed E-state index contributed by atoms with van der Waals surface area (Å²) in [6.45, 7) is -0.0608. The largest absolute Gasteiger partial charge is 0.484 e. The average molecular weight is 423 g/mol. The van der Waals surface area contributed by atoms with Crippen LogP contribution in [0.4, 0.5) is 0 Å². The normalized spacial score (nSPS) is 29.3. The average Bonchev–Trinajstić information content (AvgIpc) is 2.73. The third kappa shape index (κ3) is 4.11. The molecule has 0 unspecified atom stereocenters. The fourth-order valence-corrected chi connectivity index (χ4v) is 6.40. The van der Waals surface area contributed by atoms with Crippen molar-refractivity contribution in [2.45, 2.75) is 43.9 Å². The molecule has 1 amide bonds. The maximum Gasteiger partial charge on any atom is 0.277 e. The Morgan fingerprint density at radius 1 is 1.00 bits per heavy atom. The number of carbonyl (C=O) groups excluding carboxylic acids is 1. The highest BCUT2D eigenvalue weighted by molar-refractivity contribution is 6.30. The minimum Gasteiger partial charge on any atom is -0.484 e. The van der Waals surface area contributed by atoms with E-state index in [1.165, 1.54) is 44.1 Å². The van der Waals surface area contributed by atoms with Crippen LogP contribution in [-0.4, -0.2) is 18.7 Å². The molecule has 0 heterocycles. The van der Waals surface area contributed by atoms with Crippen LogP contribution in [-0.2, 0) is 10.2 Å². The fraction of sp³-hybridized carbons (Fsp3) is 0.440. The van der Waals surface area contributed by atoms with Gasteiger partial charge in [0.25, 0.3) is 5.91 Å². The monoisotopic (exact) mass is 422 g/mol. The van der Waals surface area contributed by atoms with Crippen molar-refractivity contribution < 1.29 is 9.53 Å². The molecule has 2 aromatic rings. The van der Waals surface area contributed by atoms with Crippen molar-refractivity contribution >= 4 is 23.7 Å². The summed E-state index contributed by atoms with van der Waals surface area (Å²) in [6, 6.07) is 15.7. The molecule has 4 fully saturated rings. The van der Waals surface area contributed by atoms with E-state index in [-0.39, 0.29) is 12.5 Å². The van der Waals surface area contributed by atoms with Gasteiger partial charge in [0.1, 0.15) is 5.75 Å². The van der Waals surface area contributed by atoms with Gasteiger partial charge in [0.05, 0.1) is 6.21 Å². The van der Waals surface area contributed by atoms with Crippen LogP contribution in [0.25, 0.3) is 0 Å². The predicted octanol–water partition coefficient (Wildman–Crippen LogP) is 5.34. The number of hydrazone groups is 1. The second kappa shape index (κ2) is 8.07. The molecule has 5 heteroatoms. The van der Waals surface area contributed by atoms with Gasteiger partial charge in [-0.05, 0) is 97.1 Å². The lowest BCUT2D eigenvalue weighted by molar-refractivity contribution is -0.123. The van der Waals surface area contributed by atoms with E-state index < -0.39 is 0 Å². The Labute approximate surface area is 182 Å².